The lowest BCUT2D eigenvalue weighted by molar-refractivity contribution is -0.120. The highest BCUT2D eigenvalue weighted by Crippen LogP contribution is 2.14. The zero-order valence-corrected chi connectivity index (χ0v) is 17.7. The van der Waals surface area contributed by atoms with Crippen molar-refractivity contribution >= 4 is 11.8 Å². The number of hydrogen-bond donors (Lipinski definition) is 2. The van der Waals surface area contributed by atoms with Gasteiger partial charge < -0.3 is 15.4 Å². The number of nitrogens with one attached hydrogen (secondary N) is 2. The van der Waals surface area contributed by atoms with Gasteiger partial charge in [-0.1, -0.05) is 30.7 Å². The lowest BCUT2D eigenvalue weighted by Gasteiger charge is -2.26. The number of likely N-dealkylation sites (tertiary alicyclic amines) is 1. The molecular weight excluding hydrogens is 378 g/mol. The van der Waals surface area contributed by atoms with Gasteiger partial charge in [0, 0.05) is 18.7 Å². The van der Waals surface area contributed by atoms with E-state index in [0.29, 0.717) is 24.5 Å². The molecule has 2 amide bonds. The molecule has 0 bridgehead atoms. The van der Waals surface area contributed by atoms with Crippen LogP contribution >= 0.6 is 0 Å². The zero-order chi connectivity index (χ0) is 21.2. The van der Waals surface area contributed by atoms with E-state index in [1.54, 1.807) is 24.3 Å². The number of carbonyl (C=O) groups is 2. The fourth-order valence-corrected chi connectivity index (χ4v) is 3.53. The third kappa shape index (κ3) is 6.88. The van der Waals surface area contributed by atoms with E-state index in [2.05, 4.69) is 39.8 Å². The molecule has 160 valence electrons. The summed E-state index contributed by atoms with van der Waals surface area (Å²) in [4.78, 5) is 26.7. The molecule has 2 aromatic rings. The molecule has 0 radical (unpaired) electrons. The third-order valence-corrected chi connectivity index (χ3v) is 5.20. The Kier molecular flexibility index (Phi) is 8.27. The van der Waals surface area contributed by atoms with Crippen LogP contribution in [0.1, 0.15) is 47.7 Å². The Morgan fingerprint density at radius 1 is 0.900 bits per heavy atom. The highest BCUT2D eigenvalue weighted by atomic mass is 16.5. The fourth-order valence-electron chi connectivity index (χ4n) is 3.53. The Balaban J connectivity index is 1.38. The Morgan fingerprint density at radius 2 is 1.57 bits per heavy atom. The van der Waals surface area contributed by atoms with Gasteiger partial charge >= 0.3 is 0 Å². The van der Waals surface area contributed by atoms with E-state index in [-0.39, 0.29) is 18.4 Å². The summed E-state index contributed by atoms with van der Waals surface area (Å²) in [6.07, 6.45) is 3.92. The first-order valence-electron chi connectivity index (χ1n) is 10.7. The van der Waals surface area contributed by atoms with E-state index in [1.165, 1.54) is 37.9 Å². The lowest BCUT2D eigenvalue weighted by Crippen LogP contribution is -2.36. The Hall–Kier alpha value is -2.86. The molecule has 1 fully saturated rings. The lowest BCUT2D eigenvalue weighted by atomic mass is 10.1. The first kappa shape index (κ1) is 21.8. The number of benzene rings is 2. The molecule has 6 heteroatoms. The topological polar surface area (TPSA) is 70.7 Å². The summed E-state index contributed by atoms with van der Waals surface area (Å²) in [5.74, 6) is 0.218. The quantitative estimate of drug-likeness (QED) is 0.668. The number of rotatable bonds is 9. The molecule has 6 nitrogen and oxygen atoms in total. The van der Waals surface area contributed by atoms with Crippen molar-refractivity contribution < 1.29 is 14.3 Å². The van der Waals surface area contributed by atoms with Crippen LogP contribution in [0.5, 0.6) is 5.75 Å². The highest BCUT2D eigenvalue weighted by Gasteiger charge is 2.11. The van der Waals surface area contributed by atoms with E-state index in [0.717, 1.165) is 12.1 Å². The molecule has 2 aromatic carbocycles. The zero-order valence-electron chi connectivity index (χ0n) is 17.7. The minimum atomic E-state index is -0.282. The van der Waals surface area contributed by atoms with Crippen LogP contribution in [0.2, 0.25) is 0 Å². The molecule has 1 aliphatic heterocycles. The van der Waals surface area contributed by atoms with Crippen LogP contribution in [0.15, 0.2) is 48.5 Å². The van der Waals surface area contributed by atoms with Crippen molar-refractivity contribution in [3.63, 3.8) is 0 Å². The largest absolute Gasteiger partial charge is 0.494 e. The van der Waals surface area contributed by atoms with Gasteiger partial charge in [-0.25, -0.2) is 0 Å². The van der Waals surface area contributed by atoms with Gasteiger partial charge in [0.15, 0.2) is 0 Å². The number of carbonyl (C=O) groups excluding carboxylic acids is 2. The predicted molar refractivity (Wildman–Crippen MR) is 117 cm³/mol. The molecule has 30 heavy (non-hydrogen) atoms. The first-order valence-corrected chi connectivity index (χ1v) is 10.7. The van der Waals surface area contributed by atoms with Gasteiger partial charge in [0.2, 0.25) is 5.91 Å². The number of hydrogen-bond acceptors (Lipinski definition) is 4. The summed E-state index contributed by atoms with van der Waals surface area (Å²) in [5.41, 5.74) is 2.84. The molecule has 0 aromatic heterocycles. The molecule has 1 saturated heterocycles. The SMILES string of the molecule is CCOc1ccc(C(=O)NCC(=O)NCc2ccc(CN3CCCCC3)cc2)cc1. The van der Waals surface area contributed by atoms with Gasteiger partial charge in [0.25, 0.3) is 5.91 Å². The second-order valence-corrected chi connectivity index (χ2v) is 7.57. The van der Waals surface area contributed by atoms with Crippen LogP contribution in [0.25, 0.3) is 0 Å². The number of ether oxygens (including phenoxy) is 1. The van der Waals surface area contributed by atoms with Gasteiger partial charge in [0.1, 0.15) is 5.75 Å². The minimum Gasteiger partial charge on any atom is -0.494 e. The monoisotopic (exact) mass is 409 g/mol. The molecule has 1 heterocycles. The van der Waals surface area contributed by atoms with E-state index in [1.807, 2.05) is 6.92 Å². The predicted octanol–water partition coefficient (Wildman–Crippen LogP) is 3.12. The smallest absolute Gasteiger partial charge is 0.251 e. The molecular formula is C24H31N3O3. The van der Waals surface area contributed by atoms with Crippen molar-refractivity contribution in [3.05, 3.63) is 65.2 Å². The van der Waals surface area contributed by atoms with Crippen molar-refractivity contribution in [3.8, 4) is 5.75 Å². The summed E-state index contributed by atoms with van der Waals surface area (Å²) in [6.45, 7) is 6.22. The maximum absolute atomic E-state index is 12.2. The Bertz CT molecular complexity index is 813. The second kappa shape index (κ2) is 11.4. The van der Waals surface area contributed by atoms with Crippen LogP contribution in [-0.4, -0.2) is 43.0 Å². The molecule has 3 rings (SSSR count). The number of amides is 2. The van der Waals surface area contributed by atoms with Gasteiger partial charge in [-0.15, -0.1) is 0 Å². The van der Waals surface area contributed by atoms with Crippen molar-refractivity contribution in [2.24, 2.45) is 0 Å². The second-order valence-electron chi connectivity index (χ2n) is 7.57. The van der Waals surface area contributed by atoms with Crippen LogP contribution in [-0.2, 0) is 17.9 Å². The van der Waals surface area contributed by atoms with Crippen molar-refractivity contribution in [1.82, 2.24) is 15.5 Å². The van der Waals surface area contributed by atoms with Crippen molar-refractivity contribution in [2.45, 2.75) is 39.3 Å². The van der Waals surface area contributed by atoms with Gasteiger partial charge in [-0.2, -0.15) is 0 Å². The number of piperidine rings is 1. The van der Waals surface area contributed by atoms with Crippen LogP contribution in [0, 0.1) is 0 Å². The van der Waals surface area contributed by atoms with E-state index in [4.69, 9.17) is 4.74 Å². The number of nitrogens with zero attached hydrogens (tertiary/aromatic N) is 1. The van der Waals surface area contributed by atoms with Crippen LogP contribution < -0.4 is 15.4 Å². The molecule has 1 aliphatic rings. The summed E-state index contributed by atoms with van der Waals surface area (Å²) in [5, 5.41) is 5.49. The maximum Gasteiger partial charge on any atom is 0.251 e. The standard InChI is InChI=1S/C24H31N3O3/c1-2-30-22-12-10-21(11-13-22)24(29)26-17-23(28)25-16-19-6-8-20(9-7-19)18-27-14-4-3-5-15-27/h6-13H,2-5,14-18H2,1H3,(H,25,28)(H,26,29). The Labute approximate surface area is 178 Å². The maximum atomic E-state index is 12.2. The van der Waals surface area contributed by atoms with E-state index >= 15 is 0 Å². The van der Waals surface area contributed by atoms with Gasteiger partial charge in [0.05, 0.1) is 13.2 Å². The summed E-state index contributed by atoms with van der Waals surface area (Å²) in [6, 6.07) is 15.2. The first-order chi connectivity index (χ1) is 14.6. The van der Waals surface area contributed by atoms with Crippen LogP contribution in [0.4, 0.5) is 0 Å². The van der Waals surface area contributed by atoms with E-state index in [9.17, 15) is 9.59 Å². The highest BCUT2D eigenvalue weighted by molar-refractivity contribution is 5.96. The fraction of sp³-hybridized carbons (Fsp3) is 0.417. The van der Waals surface area contributed by atoms with Crippen molar-refractivity contribution in [1.29, 1.82) is 0 Å². The molecule has 0 spiro atoms. The molecule has 2 N–H and O–H groups in total. The van der Waals surface area contributed by atoms with Crippen LogP contribution in [0.3, 0.4) is 0 Å². The third-order valence-electron chi connectivity index (χ3n) is 5.20. The summed E-state index contributed by atoms with van der Waals surface area (Å²) >= 11 is 0. The van der Waals surface area contributed by atoms with Gasteiger partial charge in [-0.05, 0) is 68.2 Å². The normalized spacial score (nSPS) is 14.2. The molecule has 0 atom stereocenters. The average molecular weight is 410 g/mol. The average Bonchev–Trinajstić information content (AvgIpc) is 2.78. The molecule has 0 saturated carbocycles. The summed E-state index contributed by atoms with van der Waals surface area (Å²) in [7, 11) is 0. The molecule has 0 aliphatic carbocycles. The molecule has 0 unspecified atom stereocenters. The minimum absolute atomic E-state index is 0.0565. The Morgan fingerprint density at radius 3 is 2.23 bits per heavy atom. The van der Waals surface area contributed by atoms with Crippen molar-refractivity contribution in [2.75, 3.05) is 26.2 Å². The summed E-state index contributed by atoms with van der Waals surface area (Å²) < 4.78 is 5.36. The van der Waals surface area contributed by atoms with Gasteiger partial charge in [-0.3, -0.25) is 14.5 Å². The van der Waals surface area contributed by atoms with E-state index < -0.39 is 0 Å².